The third-order valence-electron chi connectivity index (χ3n) is 4.60. The van der Waals surface area contributed by atoms with Crippen molar-refractivity contribution >= 4 is 33.4 Å². The Morgan fingerprint density at radius 2 is 1.59 bits per heavy atom. The average Bonchev–Trinajstić information content (AvgIpc) is 3.13. The van der Waals surface area contributed by atoms with Crippen LogP contribution in [0.1, 0.15) is 5.56 Å². The smallest absolute Gasteiger partial charge is 0.165 e. The third-order valence-corrected chi connectivity index (χ3v) is 4.60. The molecule has 0 unspecified atom stereocenters. The van der Waals surface area contributed by atoms with Crippen LogP contribution < -0.4 is 5.32 Å². The summed E-state index contributed by atoms with van der Waals surface area (Å²) in [6.07, 6.45) is 3.40. The maximum Gasteiger partial charge on any atom is 0.165 e. The molecule has 5 aromatic rings. The molecule has 5 nitrogen and oxygen atoms in total. The summed E-state index contributed by atoms with van der Waals surface area (Å²) in [5, 5.41) is 5.80. The van der Waals surface area contributed by atoms with Gasteiger partial charge in [0, 0.05) is 5.69 Å². The van der Waals surface area contributed by atoms with Gasteiger partial charge in [0.25, 0.3) is 0 Å². The van der Waals surface area contributed by atoms with Crippen LogP contribution >= 0.6 is 0 Å². The molecule has 0 amide bonds. The van der Waals surface area contributed by atoms with E-state index in [2.05, 4.69) is 67.3 Å². The third kappa shape index (κ3) is 3.00. The number of benzene rings is 3. The maximum absolute atomic E-state index is 4.55. The first-order chi connectivity index (χ1) is 13.4. The normalized spacial score (nSPS) is 11.1. The Morgan fingerprint density at radius 3 is 2.48 bits per heavy atom. The van der Waals surface area contributed by atoms with Gasteiger partial charge >= 0.3 is 0 Å². The molecule has 0 fully saturated rings. The second-order valence-electron chi connectivity index (χ2n) is 6.44. The van der Waals surface area contributed by atoms with Crippen LogP contribution in [0.2, 0.25) is 0 Å². The molecular formula is C22H17N5. The number of aromatic nitrogens is 4. The summed E-state index contributed by atoms with van der Waals surface area (Å²) in [4.78, 5) is 13.4. The van der Waals surface area contributed by atoms with Crippen molar-refractivity contribution in [3.63, 3.8) is 0 Å². The van der Waals surface area contributed by atoms with E-state index in [4.69, 9.17) is 0 Å². The number of nitrogens with zero attached hydrogens (tertiary/aromatic N) is 4. The molecule has 0 aliphatic rings. The van der Waals surface area contributed by atoms with Gasteiger partial charge in [-0.25, -0.2) is 15.0 Å². The molecule has 2 aromatic heterocycles. The van der Waals surface area contributed by atoms with Gasteiger partial charge in [0.05, 0.1) is 12.9 Å². The minimum Gasteiger partial charge on any atom is -0.338 e. The van der Waals surface area contributed by atoms with Crippen LogP contribution in [0, 0.1) is 0 Å². The van der Waals surface area contributed by atoms with E-state index in [9.17, 15) is 0 Å². The molecule has 0 aliphatic carbocycles. The van der Waals surface area contributed by atoms with E-state index < -0.39 is 0 Å². The number of hydrogen-bond acceptors (Lipinski definition) is 4. The highest BCUT2D eigenvalue weighted by molar-refractivity contribution is 5.85. The minimum absolute atomic E-state index is 0.711. The first-order valence-electron chi connectivity index (χ1n) is 8.82. The van der Waals surface area contributed by atoms with E-state index in [1.54, 1.807) is 6.33 Å². The molecule has 0 saturated heterocycles. The summed E-state index contributed by atoms with van der Waals surface area (Å²) in [5.41, 5.74) is 3.77. The molecular weight excluding hydrogens is 334 g/mol. The van der Waals surface area contributed by atoms with Gasteiger partial charge in [-0.05, 0) is 34.5 Å². The number of hydrogen-bond donors (Lipinski definition) is 1. The minimum atomic E-state index is 0.711. The van der Waals surface area contributed by atoms with Crippen molar-refractivity contribution in [2.24, 2.45) is 0 Å². The predicted molar refractivity (Wildman–Crippen MR) is 108 cm³/mol. The number of fused-ring (bicyclic) bond motifs is 2. The lowest BCUT2D eigenvalue weighted by atomic mass is 10.1. The van der Waals surface area contributed by atoms with Crippen molar-refractivity contribution in [2.45, 2.75) is 6.54 Å². The summed E-state index contributed by atoms with van der Waals surface area (Å²) in [5.74, 6) is 0.712. The summed E-state index contributed by atoms with van der Waals surface area (Å²) >= 11 is 0. The first kappa shape index (κ1) is 15.5. The lowest BCUT2D eigenvalue weighted by molar-refractivity contribution is 0.814. The van der Waals surface area contributed by atoms with Crippen molar-refractivity contribution in [2.75, 3.05) is 5.32 Å². The van der Waals surface area contributed by atoms with Gasteiger partial charge in [-0.2, -0.15) is 0 Å². The second-order valence-corrected chi connectivity index (χ2v) is 6.44. The number of anilines is 2. The topological polar surface area (TPSA) is 55.6 Å². The zero-order valence-corrected chi connectivity index (χ0v) is 14.6. The van der Waals surface area contributed by atoms with E-state index in [0.29, 0.717) is 12.4 Å². The Labute approximate surface area is 156 Å². The molecule has 0 radical (unpaired) electrons. The van der Waals surface area contributed by atoms with Crippen LogP contribution in [0.15, 0.2) is 85.5 Å². The van der Waals surface area contributed by atoms with E-state index in [0.717, 1.165) is 16.9 Å². The van der Waals surface area contributed by atoms with Crippen molar-refractivity contribution in [1.29, 1.82) is 0 Å². The standard InChI is InChI=1S/C22H17N5/c1-2-8-19(9-3-1)26-21-20-22(24-14-23-21)27(15-25-20)13-16-10-11-17-6-4-5-7-18(17)12-16/h1-12,14-15H,13H2,(H,23,24,26). The Hall–Kier alpha value is -3.73. The highest BCUT2D eigenvalue weighted by Gasteiger charge is 2.11. The van der Waals surface area contributed by atoms with Crippen LogP contribution in [0.3, 0.4) is 0 Å². The molecule has 0 saturated carbocycles. The fourth-order valence-electron chi connectivity index (χ4n) is 3.28. The van der Waals surface area contributed by atoms with Crippen LogP contribution in [-0.4, -0.2) is 19.5 Å². The number of imidazole rings is 1. The molecule has 3 aromatic carbocycles. The van der Waals surface area contributed by atoms with E-state index >= 15 is 0 Å². The zero-order chi connectivity index (χ0) is 18.1. The fourth-order valence-corrected chi connectivity index (χ4v) is 3.28. The Balaban J connectivity index is 1.49. The molecule has 27 heavy (non-hydrogen) atoms. The van der Waals surface area contributed by atoms with Crippen LogP contribution in [-0.2, 0) is 6.54 Å². The largest absolute Gasteiger partial charge is 0.338 e. The van der Waals surface area contributed by atoms with Crippen molar-refractivity contribution < 1.29 is 0 Å². The zero-order valence-electron chi connectivity index (χ0n) is 14.6. The monoisotopic (exact) mass is 351 g/mol. The molecule has 1 N–H and O–H groups in total. The lowest BCUT2D eigenvalue weighted by Gasteiger charge is -2.07. The predicted octanol–water partition coefficient (Wildman–Crippen LogP) is 4.77. The Morgan fingerprint density at radius 1 is 0.778 bits per heavy atom. The van der Waals surface area contributed by atoms with E-state index in [1.807, 2.05) is 36.7 Å². The highest BCUT2D eigenvalue weighted by atomic mass is 15.1. The van der Waals surface area contributed by atoms with Gasteiger partial charge < -0.3 is 9.88 Å². The van der Waals surface area contributed by atoms with Gasteiger partial charge in [-0.3, -0.25) is 0 Å². The van der Waals surface area contributed by atoms with Crippen molar-refractivity contribution in [1.82, 2.24) is 19.5 Å². The van der Waals surface area contributed by atoms with Crippen molar-refractivity contribution in [3.05, 3.63) is 91.0 Å². The molecule has 0 aliphatic heterocycles. The molecule has 0 atom stereocenters. The number of para-hydroxylation sites is 1. The molecule has 130 valence electrons. The van der Waals surface area contributed by atoms with E-state index in [1.165, 1.54) is 16.3 Å². The Kier molecular flexibility index (Phi) is 3.76. The molecule has 5 heteroatoms. The second kappa shape index (κ2) is 6.53. The molecule has 2 heterocycles. The molecule has 5 rings (SSSR count). The summed E-state index contributed by atoms with van der Waals surface area (Å²) in [6.45, 7) is 0.711. The Bertz CT molecular complexity index is 1230. The number of nitrogens with one attached hydrogen (secondary N) is 1. The van der Waals surface area contributed by atoms with Crippen molar-refractivity contribution in [3.8, 4) is 0 Å². The van der Waals surface area contributed by atoms with E-state index in [-0.39, 0.29) is 0 Å². The van der Waals surface area contributed by atoms with Gasteiger partial charge in [0.2, 0.25) is 0 Å². The van der Waals surface area contributed by atoms with Gasteiger partial charge in [0.15, 0.2) is 17.0 Å². The van der Waals surface area contributed by atoms with Crippen LogP contribution in [0.25, 0.3) is 21.9 Å². The van der Waals surface area contributed by atoms with Crippen LogP contribution in [0.4, 0.5) is 11.5 Å². The number of rotatable bonds is 4. The quantitative estimate of drug-likeness (QED) is 0.507. The molecule has 0 spiro atoms. The van der Waals surface area contributed by atoms with Gasteiger partial charge in [-0.1, -0.05) is 54.6 Å². The average molecular weight is 351 g/mol. The molecule has 0 bridgehead atoms. The lowest BCUT2D eigenvalue weighted by Crippen LogP contribution is -2.01. The summed E-state index contributed by atoms with van der Waals surface area (Å²) < 4.78 is 2.05. The van der Waals surface area contributed by atoms with Gasteiger partial charge in [-0.15, -0.1) is 0 Å². The SMILES string of the molecule is c1ccc(Nc2ncnc3c2ncn3Cc2ccc3ccccc3c2)cc1. The van der Waals surface area contributed by atoms with Gasteiger partial charge in [0.1, 0.15) is 6.33 Å². The highest BCUT2D eigenvalue weighted by Crippen LogP contribution is 2.23. The summed E-state index contributed by atoms with van der Waals surface area (Å²) in [7, 11) is 0. The van der Waals surface area contributed by atoms with Crippen LogP contribution in [0.5, 0.6) is 0 Å². The fraction of sp³-hybridized carbons (Fsp3) is 0.0455. The first-order valence-corrected chi connectivity index (χ1v) is 8.82. The summed E-state index contributed by atoms with van der Waals surface area (Å²) in [6, 6.07) is 24.9. The maximum atomic E-state index is 4.55.